The summed E-state index contributed by atoms with van der Waals surface area (Å²) in [4.78, 5) is 22.0. The molecule has 1 saturated heterocycles. The largest absolute Gasteiger partial charge is 0.369 e. The van der Waals surface area contributed by atoms with Gasteiger partial charge in [-0.05, 0) is 19.3 Å². The Balaban J connectivity index is 1.75. The number of aromatic nitrogens is 2. The quantitative estimate of drug-likeness (QED) is 0.857. The number of hydrogen-bond acceptors (Lipinski definition) is 4. The van der Waals surface area contributed by atoms with Gasteiger partial charge < -0.3 is 10.2 Å². The smallest absolute Gasteiger partial charge is 0.224 e. The fourth-order valence-electron chi connectivity index (χ4n) is 2.11. The molecule has 1 aromatic heterocycles. The molecule has 0 bridgehead atoms. The predicted octanol–water partition coefficient (Wildman–Crippen LogP) is 1.46. The first-order chi connectivity index (χ1) is 8.79. The third kappa shape index (κ3) is 3.42. The standard InChI is InChI=1S/C13H20N4O/c1-2-11-9-12(16-10-15-11)14-6-5-13(18)17-7-3-4-8-17/h9-10H,2-8H2,1H3,(H,14,15,16). The van der Waals surface area contributed by atoms with E-state index in [1.54, 1.807) is 6.33 Å². The fraction of sp³-hybridized carbons (Fsp3) is 0.615. The van der Waals surface area contributed by atoms with Crippen molar-refractivity contribution in [3.63, 3.8) is 0 Å². The summed E-state index contributed by atoms with van der Waals surface area (Å²) in [6.07, 6.45) is 5.27. The predicted molar refractivity (Wildman–Crippen MR) is 70.3 cm³/mol. The van der Waals surface area contributed by atoms with E-state index in [0.29, 0.717) is 13.0 Å². The van der Waals surface area contributed by atoms with E-state index in [4.69, 9.17) is 0 Å². The average Bonchev–Trinajstić information content (AvgIpc) is 2.93. The molecule has 1 aliphatic rings. The van der Waals surface area contributed by atoms with Crippen LogP contribution in [0.3, 0.4) is 0 Å². The lowest BCUT2D eigenvalue weighted by molar-refractivity contribution is -0.129. The summed E-state index contributed by atoms with van der Waals surface area (Å²) >= 11 is 0. The summed E-state index contributed by atoms with van der Waals surface area (Å²) in [5.41, 5.74) is 1.01. The molecule has 1 amide bonds. The van der Waals surface area contributed by atoms with Gasteiger partial charge in [-0.2, -0.15) is 0 Å². The van der Waals surface area contributed by atoms with Gasteiger partial charge >= 0.3 is 0 Å². The minimum atomic E-state index is 0.241. The number of aryl methyl sites for hydroxylation is 1. The van der Waals surface area contributed by atoms with E-state index in [9.17, 15) is 4.79 Å². The van der Waals surface area contributed by atoms with Gasteiger partial charge in [-0.3, -0.25) is 4.79 Å². The van der Waals surface area contributed by atoms with Crippen LogP contribution in [0.1, 0.15) is 31.9 Å². The van der Waals surface area contributed by atoms with Crippen LogP contribution in [-0.2, 0) is 11.2 Å². The Bertz CT molecular complexity index is 402. The van der Waals surface area contributed by atoms with Crippen molar-refractivity contribution in [2.75, 3.05) is 25.0 Å². The van der Waals surface area contributed by atoms with Gasteiger partial charge in [-0.15, -0.1) is 0 Å². The highest BCUT2D eigenvalue weighted by Crippen LogP contribution is 2.09. The second kappa shape index (κ2) is 6.33. The molecular formula is C13H20N4O. The van der Waals surface area contributed by atoms with E-state index < -0.39 is 0 Å². The molecule has 1 N–H and O–H groups in total. The topological polar surface area (TPSA) is 58.1 Å². The van der Waals surface area contributed by atoms with Crippen molar-refractivity contribution in [1.82, 2.24) is 14.9 Å². The van der Waals surface area contributed by atoms with E-state index in [1.165, 1.54) is 0 Å². The first-order valence-corrected chi connectivity index (χ1v) is 6.62. The summed E-state index contributed by atoms with van der Waals surface area (Å²) < 4.78 is 0. The number of carbonyl (C=O) groups is 1. The van der Waals surface area contributed by atoms with Crippen LogP contribution in [-0.4, -0.2) is 40.4 Å². The molecule has 18 heavy (non-hydrogen) atoms. The zero-order valence-electron chi connectivity index (χ0n) is 10.9. The Morgan fingerprint density at radius 1 is 1.39 bits per heavy atom. The van der Waals surface area contributed by atoms with Crippen molar-refractivity contribution in [1.29, 1.82) is 0 Å². The maximum Gasteiger partial charge on any atom is 0.224 e. The van der Waals surface area contributed by atoms with Gasteiger partial charge in [-0.25, -0.2) is 9.97 Å². The van der Waals surface area contributed by atoms with E-state index in [2.05, 4.69) is 22.2 Å². The molecule has 1 aliphatic heterocycles. The summed E-state index contributed by atoms with van der Waals surface area (Å²) in [7, 11) is 0. The van der Waals surface area contributed by atoms with Crippen molar-refractivity contribution in [3.05, 3.63) is 18.1 Å². The van der Waals surface area contributed by atoms with Crippen LogP contribution in [0.4, 0.5) is 5.82 Å². The number of hydrogen-bond donors (Lipinski definition) is 1. The third-order valence-electron chi connectivity index (χ3n) is 3.19. The fourth-order valence-corrected chi connectivity index (χ4v) is 2.11. The van der Waals surface area contributed by atoms with Crippen molar-refractivity contribution < 1.29 is 4.79 Å². The summed E-state index contributed by atoms with van der Waals surface area (Å²) in [6, 6.07) is 1.93. The number of carbonyl (C=O) groups excluding carboxylic acids is 1. The zero-order valence-corrected chi connectivity index (χ0v) is 10.9. The molecule has 0 atom stereocenters. The molecule has 0 aromatic carbocycles. The van der Waals surface area contributed by atoms with Crippen LogP contribution < -0.4 is 5.32 Å². The molecule has 0 radical (unpaired) electrons. The molecule has 98 valence electrons. The van der Waals surface area contributed by atoms with Crippen LogP contribution >= 0.6 is 0 Å². The second-order valence-corrected chi connectivity index (χ2v) is 4.51. The van der Waals surface area contributed by atoms with Gasteiger partial charge in [0.1, 0.15) is 12.1 Å². The molecule has 5 heteroatoms. The molecule has 2 rings (SSSR count). The number of nitrogens with one attached hydrogen (secondary N) is 1. The molecule has 1 fully saturated rings. The monoisotopic (exact) mass is 248 g/mol. The van der Waals surface area contributed by atoms with E-state index in [-0.39, 0.29) is 5.91 Å². The Labute approximate surface area is 108 Å². The van der Waals surface area contributed by atoms with Gasteiger partial charge in [0.2, 0.25) is 5.91 Å². The van der Waals surface area contributed by atoms with Crippen molar-refractivity contribution in [3.8, 4) is 0 Å². The number of likely N-dealkylation sites (tertiary alicyclic amines) is 1. The highest BCUT2D eigenvalue weighted by Gasteiger charge is 2.16. The van der Waals surface area contributed by atoms with Crippen LogP contribution in [0, 0.1) is 0 Å². The molecule has 0 spiro atoms. The number of rotatable bonds is 5. The lowest BCUT2D eigenvalue weighted by Crippen LogP contribution is -2.29. The van der Waals surface area contributed by atoms with Gasteiger partial charge in [0.25, 0.3) is 0 Å². The first kappa shape index (κ1) is 12.8. The number of amides is 1. The average molecular weight is 248 g/mol. The number of nitrogens with zero attached hydrogens (tertiary/aromatic N) is 3. The molecule has 0 unspecified atom stereocenters. The first-order valence-electron chi connectivity index (χ1n) is 6.62. The van der Waals surface area contributed by atoms with Crippen molar-refractivity contribution >= 4 is 11.7 Å². The Morgan fingerprint density at radius 2 is 2.17 bits per heavy atom. The summed E-state index contributed by atoms with van der Waals surface area (Å²) in [5.74, 6) is 1.04. The minimum absolute atomic E-state index is 0.241. The molecule has 2 heterocycles. The zero-order chi connectivity index (χ0) is 12.8. The molecule has 1 aromatic rings. The van der Waals surface area contributed by atoms with Crippen LogP contribution in [0.25, 0.3) is 0 Å². The maximum absolute atomic E-state index is 11.8. The Kier molecular flexibility index (Phi) is 4.50. The SMILES string of the molecule is CCc1cc(NCCC(=O)N2CCCC2)ncn1. The van der Waals surface area contributed by atoms with Gasteiger partial charge in [-0.1, -0.05) is 6.92 Å². The van der Waals surface area contributed by atoms with E-state index >= 15 is 0 Å². The molecule has 0 saturated carbocycles. The van der Waals surface area contributed by atoms with Gasteiger partial charge in [0, 0.05) is 37.8 Å². The maximum atomic E-state index is 11.8. The highest BCUT2D eigenvalue weighted by atomic mass is 16.2. The molecular weight excluding hydrogens is 228 g/mol. The van der Waals surface area contributed by atoms with Crippen molar-refractivity contribution in [2.24, 2.45) is 0 Å². The number of anilines is 1. The van der Waals surface area contributed by atoms with Crippen LogP contribution in [0.15, 0.2) is 12.4 Å². The molecule has 0 aliphatic carbocycles. The van der Waals surface area contributed by atoms with Crippen molar-refractivity contribution in [2.45, 2.75) is 32.6 Å². The summed E-state index contributed by atoms with van der Waals surface area (Å²) in [5, 5.41) is 3.18. The second-order valence-electron chi connectivity index (χ2n) is 4.51. The highest BCUT2D eigenvalue weighted by molar-refractivity contribution is 5.76. The molecule has 5 nitrogen and oxygen atoms in total. The van der Waals surface area contributed by atoms with E-state index in [1.807, 2.05) is 11.0 Å². The third-order valence-corrected chi connectivity index (χ3v) is 3.19. The van der Waals surface area contributed by atoms with Gasteiger partial charge in [0.15, 0.2) is 0 Å². The van der Waals surface area contributed by atoms with E-state index in [0.717, 1.165) is 43.9 Å². The Morgan fingerprint density at radius 3 is 2.89 bits per heavy atom. The normalized spacial score (nSPS) is 14.8. The lowest BCUT2D eigenvalue weighted by Gasteiger charge is -2.15. The van der Waals surface area contributed by atoms with Gasteiger partial charge in [0.05, 0.1) is 0 Å². The Hall–Kier alpha value is -1.65. The summed E-state index contributed by atoms with van der Waals surface area (Å²) in [6.45, 7) is 4.54. The van der Waals surface area contributed by atoms with Crippen LogP contribution in [0.5, 0.6) is 0 Å². The minimum Gasteiger partial charge on any atom is -0.369 e. The lowest BCUT2D eigenvalue weighted by atomic mass is 10.3. The van der Waals surface area contributed by atoms with Crippen LogP contribution in [0.2, 0.25) is 0 Å².